The van der Waals surface area contributed by atoms with Crippen LogP contribution in [0.1, 0.15) is 12.8 Å². The van der Waals surface area contributed by atoms with Crippen LogP contribution in [-0.2, 0) is 4.79 Å². The van der Waals surface area contributed by atoms with E-state index in [4.69, 9.17) is 5.11 Å². The van der Waals surface area contributed by atoms with Crippen molar-refractivity contribution in [3.63, 3.8) is 0 Å². The fourth-order valence-electron chi connectivity index (χ4n) is 1.06. The summed E-state index contributed by atoms with van der Waals surface area (Å²) in [5.41, 5.74) is 0. The first-order chi connectivity index (χ1) is 4.30. The van der Waals surface area contributed by atoms with Crippen LogP contribution >= 0.6 is 8.58 Å². The fraction of sp³-hybridized carbons (Fsp3) is 0.833. The number of carboxylic acid groups (broad SMARTS) is 1. The Hall–Kier alpha value is 1.16. The Bertz CT molecular complexity index is 112. The molecule has 10 heavy (non-hydrogen) atoms. The molecule has 2 nitrogen and oxygen atoms in total. The Morgan fingerprint density at radius 1 is 1.60 bits per heavy atom. The standard InChI is InChI=1S/C6H11O2P.Ca.2H/c7-6(8)5-2-1-3-9-4-5;;;/h5,9H,1-4H2,(H,7,8);;;. The fourth-order valence-corrected chi connectivity index (χ4v) is 2.45. The molecule has 56 valence electrons. The summed E-state index contributed by atoms with van der Waals surface area (Å²) in [7, 11) is 0.894. The van der Waals surface area contributed by atoms with Crippen LogP contribution in [0.4, 0.5) is 0 Å². The summed E-state index contributed by atoms with van der Waals surface area (Å²) >= 11 is 0. The maximum absolute atomic E-state index is 10.4. The summed E-state index contributed by atoms with van der Waals surface area (Å²) < 4.78 is 0. The van der Waals surface area contributed by atoms with Gasteiger partial charge in [-0.1, -0.05) is 0 Å². The van der Waals surface area contributed by atoms with Crippen molar-refractivity contribution in [3.8, 4) is 0 Å². The molecule has 4 heteroatoms. The van der Waals surface area contributed by atoms with Crippen LogP contribution in [0.2, 0.25) is 0 Å². The minimum absolute atomic E-state index is 0. The Morgan fingerprint density at radius 3 is 2.60 bits per heavy atom. The van der Waals surface area contributed by atoms with Crippen LogP contribution in [0.15, 0.2) is 0 Å². The topological polar surface area (TPSA) is 37.3 Å². The summed E-state index contributed by atoms with van der Waals surface area (Å²) in [5, 5.41) is 8.54. The van der Waals surface area contributed by atoms with Crippen molar-refractivity contribution in [2.75, 3.05) is 12.3 Å². The van der Waals surface area contributed by atoms with Gasteiger partial charge in [0.25, 0.3) is 0 Å². The van der Waals surface area contributed by atoms with Crippen molar-refractivity contribution < 1.29 is 9.90 Å². The number of aliphatic carboxylic acids is 1. The van der Waals surface area contributed by atoms with E-state index in [1.54, 1.807) is 0 Å². The monoisotopic (exact) mass is 188 g/mol. The molecule has 0 radical (unpaired) electrons. The first-order valence-electron chi connectivity index (χ1n) is 3.24. The number of hydrogen-bond donors (Lipinski definition) is 1. The maximum atomic E-state index is 10.4. The number of rotatable bonds is 1. The van der Waals surface area contributed by atoms with Crippen LogP contribution in [0, 0.1) is 5.92 Å². The van der Waals surface area contributed by atoms with Gasteiger partial charge in [0.05, 0.1) is 5.92 Å². The molecule has 1 fully saturated rings. The second kappa shape index (κ2) is 5.77. The first-order valence-corrected chi connectivity index (χ1v) is 4.65. The Morgan fingerprint density at radius 2 is 2.30 bits per heavy atom. The van der Waals surface area contributed by atoms with Gasteiger partial charge in [-0.2, -0.15) is 0 Å². The molecule has 1 rings (SSSR count). The van der Waals surface area contributed by atoms with Crippen LogP contribution < -0.4 is 0 Å². The Labute approximate surface area is 92.5 Å². The molecule has 0 saturated carbocycles. The van der Waals surface area contributed by atoms with Gasteiger partial charge < -0.3 is 5.11 Å². The van der Waals surface area contributed by atoms with Gasteiger partial charge in [0, 0.05) is 0 Å². The molecule has 0 amide bonds. The third kappa shape index (κ3) is 3.52. The van der Waals surface area contributed by atoms with Gasteiger partial charge in [-0.05, 0) is 25.2 Å². The van der Waals surface area contributed by atoms with Crippen LogP contribution in [0.5, 0.6) is 0 Å². The molecule has 0 aliphatic carbocycles. The van der Waals surface area contributed by atoms with Crippen molar-refractivity contribution >= 4 is 52.3 Å². The Kier molecular flexibility index (Phi) is 6.43. The van der Waals surface area contributed by atoms with Crippen LogP contribution in [0.3, 0.4) is 0 Å². The van der Waals surface area contributed by atoms with Gasteiger partial charge in [0.2, 0.25) is 0 Å². The molecule has 1 aliphatic rings. The summed E-state index contributed by atoms with van der Waals surface area (Å²) in [6, 6.07) is 0. The number of carboxylic acids is 1. The van der Waals surface area contributed by atoms with E-state index in [0.717, 1.165) is 27.6 Å². The average molecular weight is 188 g/mol. The van der Waals surface area contributed by atoms with Gasteiger partial charge in [-0.15, -0.1) is 8.58 Å². The molecular formula is C6H13CaO2P. The quantitative estimate of drug-likeness (QED) is 0.473. The molecule has 1 heterocycles. The second-order valence-corrected chi connectivity index (χ2v) is 3.79. The van der Waals surface area contributed by atoms with Crippen LogP contribution in [0.25, 0.3) is 0 Å². The first kappa shape index (κ1) is 11.2. The predicted octanol–water partition coefficient (Wildman–Crippen LogP) is 0.243. The summed E-state index contributed by atoms with van der Waals surface area (Å²) in [6.45, 7) is 0. The van der Waals surface area contributed by atoms with E-state index in [2.05, 4.69) is 0 Å². The zero-order valence-corrected chi connectivity index (χ0v) is 6.26. The zero-order valence-electron chi connectivity index (χ0n) is 5.26. The SMILES string of the molecule is O=C(O)C1CCCPC1.[CaH2]. The molecule has 2 atom stereocenters. The van der Waals surface area contributed by atoms with Crippen molar-refractivity contribution in [1.29, 1.82) is 0 Å². The molecule has 1 saturated heterocycles. The van der Waals surface area contributed by atoms with Gasteiger partial charge in [0.15, 0.2) is 0 Å². The van der Waals surface area contributed by atoms with E-state index >= 15 is 0 Å². The summed E-state index contributed by atoms with van der Waals surface area (Å²) in [5.74, 6) is -0.612. The third-order valence-corrected chi connectivity index (χ3v) is 3.13. The molecular weight excluding hydrogens is 175 g/mol. The van der Waals surface area contributed by atoms with E-state index in [-0.39, 0.29) is 43.7 Å². The molecule has 0 bridgehead atoms. The molecule has 0 aromatic carbocycles. The van der Waals surface area contributed by atoms with Crippen molar-refractivity contribution in [2.45, 2.75) is 12.8 Å². The normalized spacial score (nSPS) is 27.4. The second-order valence-electron chi connectivity index (χ2n) is 2.38. The minimum atomic E-state index is -0.595. The van der Waals surface area contributed by atoms with Crippen molar-refractivity contribution in [2.24, 2.45) is 5.92 Å². The average Bonchev–Trinajstić information content (AvgIpc) is 1.90. The van der Waals surface area contributed by atoms with Gasteiger partial charge >= 0.3 is 43.7 Å². The van der Waals surface area contributed by atoms with E-state index in [1.165, 1.54) is 6.16 Å². The summed E-state index contributed by atoms with van der Waals surface area (Å²) in [4.78, 5) is 10.4. The zero-order chi connectivity index (χ0) is 6.69. The third-order valence-electron chi connectivity index (χ3n) is 1.65. The van der Waals surface area contributed by atoms with E-state index in [1.807, 2.05) is 0 Å². The molecule has 1 aliphatic heterocycles. The van der Waals surface area contributed by atoms with E-state index in [0.29, 0.717) is 0 Å². The van der Waals surface area contributed by atoms with Crippen molar-refractivity contribution in [3.05, 3.63) is 0 Å². The van der Waals surface area contributed by atoms with Crippen molar-refractivity contribution in [1.82, 2.24) is 0 Å². The molecule has 2 unspecified atom stereocenters. The number of hydrogen-bond acceptors (Lipinski definition) is 1. The molecule has 0 aromatic heterocycles. The number of carbonyl (C=O) groups is 1. The summed E-state index contributed by atoms with van der Waals surface area (Å²) in [6.07, 6.45) is 4.21. The molecule has 1 N–H and O–H groups in total. The predicted molar refractivity (Wildman–Crippen MR) is 47.0 cm³/mol. The Balaban J connectivity index is 0.000000810. The van der Waals surface area contributed by atoms with E-state index < -0.39 is 5.97 Å². The molecule has 0 spiro atoms. The van der Waals surface area contributed by atoms with Gasteiger partial charge in [-0.3, -0.25) is 4.79 Å². The van der Waals surface area contributed by atoms with Gasteiger partial charge in [-0.25, -0.2) is 0 Å². The van der Waals surface area contributed by atoms with Crippen LogP contribution in [-0.4, -0.2) is 61.1 Å². The molecule has 0 aromatic rings. The van der Waals surface area contributed by atoms with E-state index in [9.17, 15) is 4.79 Å². The van der Waals surface area contributed by atoms with Gasteiger partial charge in [0.1, 0.15) is 0 Å².